The van der Waals surface area contributed by atoms with Crippen LogP contribution in [0.4, 0.5) is 5.69 Å². The van der Waals surface area contributed by atoms with E-state index in [0.29, 0.717) is 24.4 Å². The first-order valence-electron chi connectivity index (χ1n) is 10.00. The Balaban J connectivity index is 0.00000210. The van der Waals surface area contributed by atoms with E-state index >= 15 is 0 Å². The second-order valence-corrected chi connectivity index (χ2v) is 8.17. The molecule has 2 bridgehead atoms. The van der Waals surface area contributed by atoms with Crippen LogP contribution in [0, 0.1) is 5.92 Å². The fourth-order valence-electron chi connectivity index (χ4n) is 4.99. The first-order valence-corrected chi connectivity index (χ1v) is 10.00. The van der Waals surface area contributed by atoms with Crippen LogP contribution >= 0.6 is 12.4 Å². The molecule has 1 aromatic rings. The summed E-state index contributed by atoms with van der Waals surface area (Å²) in [4.78, 5) is 29.4. The highest BCUT2D eigenvalue weighted by molar-refractivity contribution is 5.99. The number of para-hydroxylation sites is 1. The minimum absolute atomic E-state index is 0. The van der Waals surface area contributed by atoms with Crippen molar-refractivity contribution in [1.82, 2.24) is 10.2 Å². The lowest BCUT2D eigenvalue weighted by atomic mass is 9.89. The Bertz CT molecular complexity index is 657. The number of nitrogens with zero attached hydrogens (tertiary/aromatic N) is 2. The van der Waals surface area contributed by atoms with Crippen LogP contribution in [-0.2, 0) is 9.59 Å². The molecule has 1 aromatic carbocycles. The van der Waals surface area contributed by atoms with E-state index in [1.807, 2.05) is 42.3 Å². The molecule has 0 saturated carbocycles. The fraction of sp³-hybridized carbons (Fsp3) is 0.619. The number of rotatable bonds is 4. The van der Waals surface area contributed by atoms with Gasteiger partial charge in [-0.3, -0.25) is 9.59 Å². The third-order valence-corrected chi connectivity index (χ3v) is 6.37. The van der Waals surface area contributed by atoms with Crippen LogP contribution in [-0.4, -0.2) is 48.4 Å². The van der Waals surface area contributed by atoms with Crippen molar-refractivity contribution in [2.75, 3.05) is 18.5 Å². The Morgan fingerprint density at radius 1 is 1.15 bits per heavy atom. The highest BCUT2D eigenvalue weighted by Gasteiger charge is 2.37. The molecule has 1 N–H and O–H groups in total. The maximum Gasteiger partial charge on any atom is 0.249 e. The van der Waals surface area contributed by atoms with Crippen molar-refractivity contribution in [2.45, 2.75) is 63.1 Å². The van der Waals surface area contributed by atoms with Crippen LogP contribution in [0.1, 0.15) is 44.9 Å². The number of hydrogen-bond donors (Lipinski definition) is 1. The van der Waals surface area contributed by atoms with Crippen molar-refractivity contribution in [2.24, 2.45) is 5.92 Å². The summed E-state index contributed by atoms with van der Waals surface area (Å²) in [6, 6.07) is 10.7. The molecular formula is C21H30ClN3O2. The summed E-state index contributed by atoms with van der Waals surface area (Å²) in [7, 11) is 1.81. The molecule has 3 heterocycles. The minimum Gasteiger partial charge on any atom is -0.334 e. The van der Waals surface area contributed by atoms with Gasteiger partial charge in [0.05, 0.1) is 0 Å². The van der Waals surface area contributed by atoms with Gasteiger partial charge in [0, 0.05) is 37.8 Å². The number of piperidine rings is 2. The Morgan fingerprint density at radius 2 is 1.81 bits per heavy atom. The molecule has 3 aliphatic rings. The lowest BCUT2D eigenvalue weighted by Crippen LogP contribution is -2.53. The Morgan fingerprint density at radius 3 is 2.48 bits per heavy atom. The standard InChI is InChI=1S/C21H29N3O2.ClH/c1-23(20(25)14-15-12-16-9-10-17(13-15)22-16)19-8-5-11-24(21(19)26)18-6-3-2-4-7-18;/h2-4,6-7,15-17,19,22H,5,8-14H2,1H3;1H. The monoisotopic (exact) mass is 391 g/mol. The normalized spacial score (nSPS) is 30.0. The lowest BCUT2D eigenvalue weighted by molar-refractivity contribution is -0.139. The number of carbonyl (C=O) groups excluding carboxylic acids is 2. The molecule has 6 heteroatoms. The Kier molecular flexibility index (Phi) is 6.43. The van der Waals surface area contributed by atoms with Crippen molar-refractivity contribution < 1.29 is 9.59 Å². The second kappa shape index (κ2) is 8.61. The Hall–Kier alpha value is -1.59. The van der Waals surface area contributed by atoms with Crippen molar-refractivity contribution in [1.29, 1.82) is 0 Å². The third kappa shape index (κ3) is 4.30. The number of likely N-dealkylation sites (N-methyl/N-ethyl adjacent to an activating group) is 1. The summed E-state index contributed by atoms with van der Waals surface area (Å²) in [6.45, 7) is 0.735. The summed E-state index contributed by atoms with van der Waals surface area (Å²) in [5, 5.41) is 3.63. The maximum atomic E-state index is 13.0. The molecule has 3 unspecified atom stereocenters. The number of fused-ring (bicyclic) bond motifs is 2. The van der Waals surface area contributed by atoms with Gasteiger partial charge in [-0.1, -0.05) is 18.2 Å². The van der Waals surface area contributed by atoms with E-state index in [9.17, 15) is 9.59 Å². The largest absolute Gasteiger partial charge is 0.334 e. The molecule has 2 amide bonds. The quantitative estimate of drug-likeness (QED) is 0.858. The van der Waals surface area contributed by atoms with Gasteiger partial charge in [0.2, 0.25) is 11.8 Å². The van der Waals surface area contributed by atoms with Gasteiger partial charge in [-0.15, -0.1) is 12.4 Å². The fourth-order valence-corrected chi connectivity index (χ4v) is 4.99. The zero-order valence-corrected chi connectivity index (χ0v) is 16.8. The minimum atomic E-state index is -0.324. The molecule has 3 fully saturated rings. The number of halogens is 1. The molecule has 0 spiro atoms. The Labute approximate surface area is 167 Å². The molecule has 4 rings (SSSR count). The average molecular weight is 392 g/mol. The topological polar surface area (TPSA) is 52.7 Å². The van der Waals surface area contributed by atoms with Crippen molar-refractivity contribution in [3.05, 3.63) is 30.3 Å². The number of anilines is 1. The molecule has 148 valence electrons. The zero-order chi connectivity index (χ0) is 18.1. The van der Waals surface area contributed by atoms with Gasteiger partial charge in [0.15, 0.2) is 0 Å². The van der Waals surface area contributed by atoms with Crippen LogP contribution in [0.25, 0.3) is 0 Å². The summed E-state index contributed by atoms with van der Waals surface area (Å²) in [5.74, 6) is 0.654. The van der Waals surface area contributed by atoms with Crippen molar-refractivity contribution in [3.8, 4) is 0 Å². The maximum absolute atomic E-state index is 13.0. The predicted molar refractivity (Wildman–Crippen MR) is 109 cm³/mol. The van der Waals surface area contributed by atoms with Gasteiger partial charge in [-0.2, -0.15) is 0 Å². The van der Waals surface area contributed by atoms with Gasteiger partial charge in [0.1, 0.15) is 6.04 Å². The number of benzene rings is 1. The molecule has 5 nitrogen and oxygen atoms in total. The van der Waals surface area contributed by atoms with Gasteiger partial charge >= 0.3 is 0 Å². The molecule has 0 aromatic heterocycles. The number of hydrogen-bond acceptors (Lipinski definition) is 3. The molecular weight excluding hydrogens is 362 g/mol. The molecule has 3 aliphatic heterocycles. The number of carbonyl (C=O) groups is 2. The summed E-state index contributed by atoms with van der Waals surface area (Å²) < 4.78 is 0. The molecule has 3 atom stereocenters. The van der Waals surface area contributed by atoms with Crippen LogP contribution in [0.15, 0.2) is 30.3 Å². The first kappa shape index (κ1) is 20.2. The second-order valence-electron chi connectivity index (χ2n) is 8.17. The molecule has 0 aliphatic carbocycles. The predicted octanol–water partition coefficient (Wildman–Crippen LogP) is 2.98. The highest BCUT2D eigenvalue weighted by Crippen LogP contribution is 2.33. The van der Waals surface area contributed by atoms with E-state index in [1.54, 1.807) is 4.90 Å². The van der Waals surface area contributed by atoms with E-state index in [-0.39, 0.29) is 30.3 Å². The molecule has 27 heavy (non-hydrogen) atoms. The third-order valence-electron chi connectivity index (χ3n) is 6.37. The van der Waals surface area contributed by atoms with E-state index in [4.69, 9.17) is 0 Å². The summed E-state index contributed by atoms with van der Waals surface area (Å²) in [6.07, 6.45) is 6.98. The van der Waals surface area contributed by atoms with Crippen LogP contribution < -0.4 is 10.2 Å². The smallest absolute Gasteiger partial charge is 0.249 e. The van der Waals surface area contributed by atoms with E-state index in [1.165, 1.54) is 12.8 Å². The van der Waals surface area contributed by atoms with E-state index in [2.05, 4.69) is 5.32 Å². The van der Waals surface area contributed by atoms with Crippen LogP contribution in [0.5, 0.6) is 0 Å². The highest BCUT2D eigenvalue weighted by atomic mass is 35.5. The zero-order valence-electron chi connectivity index (χ0n) is 16.0. The van der Waals surface area contributed by atoms with Crippen molar-refractivity contribution in [3.63, 3.8) is 0 Å². The van der Waals surface area contributed by atoms with Gasteiger partial charge in [-0.25, -0.2) is 0 Å². The number of amides is 2. The van der Waals surface area contributed by atoms with Crippen molar-refractivity contribution >= 4 is 29.9 Å². The summed E-state index contributed by atoms with van der Waals surface area (Å²) >= 11 is 0. The van der Waals surface area contributed by atoms with Gasteiger partial charge in [-0.05, 0) is 56.6 Å². The van der Waals surface area contributed by atoms with Gasteiger partial charge in [0.25, 0.3) is 0 Å². The van der Waals surface area contributed by atoms with Gasteiger partial charge < -0.3 is 15.1 Å². The van der Waals surface area contributed by atoms with Crippen LogP contribution in [0.3, 0.4) is 0 Å². The SMILES string of the molecule is CN(C(=O)CC1CC2CCC(C1)N2)C1CCCN(c2ccccc2)C1=O.Cl. The molecule has 3 saturated heterocycles. The summed E-state index contributed by atoms with van der Waals surface area (Å²) in [5.41, 5.74) is 0.929. The van der Waals surface area contributed by atoms with E-state index in [0.717, 1.165) is 37.9 Å². The van der Waals surface area contributed by atoms with Crippen LogP contribution in [0.2, 0.25) is 0 Å². The number of nitrogens with one attached hydrogen (secondary N) is 1. The lowest BCUT2D eigenvalue weighted by Gasteiger charge is -2.37. The molecule has 0 radical (unpaired) electrons. The first-order chi connectivity index (χ1) is 12.6. The van der Waals surface area contributed by atoms with E-state index < -0.39 is 0 Å². The average Bonchev–Trinajstić information content (AvgIpc) is 3.00.